The average Bonchev–Trinajstić information content (AvgIpc) is 2.43. The number of nitrogens with one attached hydrogen (secondary N) is 2. The monoisotopic (exact) mass is 328 g/mol. The quantitative estimate of drug-likeness (QED) is 0.803. The van der Waals surface area contributed by atoms with Crippen molar-refractivity contribution in [3.63, 3.8) is 0 Å². The maximum absolute atomic E-state index is 11.1. The van der Waals surface area contributed by atoms with Gasteiger partial charge in [-0.15, -0.1) is 0 Å². The van der Waals surface area contributed by atoms with Crippen molar-refractivity contribution in [1.29, 1.82) is 0 Å². The number of rotatable bonds is 5. The van der Waals surface area contributed by atoms with E-state index in [4.69, 9.17) is 9.47 Å². The maximum atomic E-state index is 11.1. The van der Waals surface area contributed by atoms with E-state index < -0.39 is 0 Å². The van der Waals surface area contributed by atoms with E-state index in [1.165, 1.54) is 0 Å². The van der Waals surface area contributed by atoms with E-state index in [0.29, 0.717) is 32.7 Å². The van der Waals surface area contributed by atoms with Gasteiger partial charge >= 0.3 is 0 Å². The highest BCUT2D eigenvalue weighted by atomic mass is 79.9. The molecule has 0 fully saturated rings. The number of carbonyl (C=O) groups excluding carboxylic acids is 1. The lowest BCUT2D eigenvalue weighted by Crippen LogP contribution is -2.24. The Hall–Kier alpha value is -1.27. The first-order valence-corrected chi connectivity index (χ1v) is 6.99. The minimum Gasteiger partial charge on any atom is -0.486 e. The first-order valence-electron chi connectivity index (χ1n) is 6.20. The zero-order valence-electron chi connectivity index (χ0n) is 10.8. The van der Waals surface area contributed by atoms with Crippen LogP contribution in [0, 0.1) is 0 Å². The number of carbonyl (C=O) groups is 1. The van der Waals surface area contributed by atoms with Gasteiger partial charge in [-0.1, -0.05) is 0 Å². The number of halogens is 1. The lowest BCUT2D eigenvalue weighted by Gasteiger charge is -2.20. The number of benzene rings is 1. The summed E-state index contributed by atoms with van der Waals surface area (Å²) < 4.78 is 12.0. The van der Waals surface area contributed by atoms with Crippen molar-refractivity contribution in [2.75, 3.05) is 26.8 Å². The first kappa shape index (κ1) is 14.1. The van der Waals surface area contributed by atoms with E-state index in [9.17, 15) is 4.79 Å². The number of fused-ring (bicyclic) bond motifs is 1. The second-order valence-corrected chi connectivity index (χ2v) is 5.06. The molecule has 2 rings (SSSR count). The standard InChI is InChI=1S/C13H17BrN2O3/c1-15-12(17)2-3-16-8-9-6-10(14)13-11(7-9)18-4-5-19-13/h6-7,16H,2-5,8H2,1H3,(H,15,17). The molecule has 0 radical (unpaired) electrons. The second-order valence-electron chi connectivity index (χ2n) is 4.20. The molecule has 1 amide bonds. The summed E-state index contributed by atoms with van der Waals surface area (Å²) in [6, 6.07) is 3.96. The maximum Gasteiger partial charge on any atom is 0.221 e. The van der Waals surface area contributed by atoms with Crippen molar-refractivity contribution in [3.05, 3.63) is 22.2 Å². The molecule has 0 bridgehead atoms. The van der Waals surface area contributed by atoms with Crippen LogP contribution in [0.4, 0.5) is 0 Å². The number of hydrogen-bond donors (Lipinski definition) is 2. The SMILES string of the molecule is CNC(=O)CCNCc1cc(Br)c2c(c1)OCCO2. The molecule has 5 nitrogen and oxygen atoms in total. The molecule has 2 N–H and O–H groups in total. The summed E-state index contributed by atoms with van der Waals surface area (Å²) in [5.74, 6) is 1.57. The Morgan fingerprint density at radius 3 is 2.95 bits per heavy atom. The zero-order chi connectivity index (χ0) is 13.7. The molecular weight excluding hydrogens is 312 g/mol. The highest BCUT2D eigenvalue weighted by molar-refractivity contribution is 9.10. The van der Waals surface area contributed by atoms with Gasteiger partial charge in [-0.05, 0) is 33.6 Å². The van der Waals surface area contributed by atoms with Crippen molar-refractivity contribution in [3.8, 4) is 11.5 Å². The van der Waals surface area contributed by atoms with Gasteiger partial charge in [0.05, 0.1) is 4.47 Å². The van der Waals surface area contributed by atoms with E-state index in [-0.39, 0.29) is 5.91 Å². The minimum absolute atomic E-state index is 0.0378. The smallest absolute Gasteiger partial charge is 0.221 e. The topological polar surface area (TPSA) is 59.6 Å². The highest BCUT2D eigenvalue weighted by Gasteiger charge is 2.16. The van der Waals surface area contributed by atoms with E-state index in [1.807, 2.05) is 12.1 Å². The van der Waals surface area contributed by atoms with Crippen molar-refractivity contribution in [2.24, 2.45) is 0 Å². The largest absolute Gasteiger partial charge is 0.486 e. The molecule has 0 saturated carbocycles. The molecule has 1 aliphatic rings. The van der Waals surface area contributed by atoms with Crippen LogP contribution in [-0.2, 0) is 11.3 Å². The van der Waals surface area contributed by atoms with E-state index >= 15 is 0 Å². The summed E-state index contributed by atoms with van der Waals surface area (Å²) in [5, 5.41) is 5.81. The molecule has 0 aromatic heterocycles. The summed E-state index contributed by atoms with van der Waals surface area (Å²) in [4.78, 5) is 11.1. The number of amides is 1. The van der Waals surface area contributed by atoms with E-state index in [1.54, 1.807) is 7.05 Å². The van der Waals surface area contributed by atoms with Crippen LogP contribution < -0.4 is 20.1 Å². The van der Waals surface area contributed by atoms with Gasteiger partial charge in [0.25, 0.3) is 0 Å². The summed E-state index contributed by atoms with van der Waals surface area (Å²) in [6.07, 6.45) is 0.474. The Labute approximate surface area is 120 Å². The molecule has 1 heterocycles. The molecule has 104 valence electrons. The predicted molar refractivity (Wildman–Crippen MR) is 75.5 cm³/mol. The molecule has 6 heteroatoms. The lowest BCUT2D eigenvalue weighted by atomic mass is 10.2. The van der Waals surface area contributed by atoms with Crippen molar-refractivity contribution >= 4 is 21.8 Å². The molecule has 0 unspecified atom stereocenters. The summed E-state index contributed by atoms with van der Waals surface area (Å²) in [5.41, 5.74) is 1.09. The van der Waals surface area contributed by atoms with Crippen molar-refractivity contribution in [1.82, 2.24) is 10.6 Å². The second kappa shape index (κ2) is 6.77. The molecule has 0 aliphatic carbocycles. The highest BCUT2D eigenvalue weighted by Crippen LogP contribution is 2.38. The average molecular weight is 329 g/mol. The van der Waals surface area contributed by atoms with Crippen molar-refractivity contribution < 1.29 is 14.3 Å². The zero-order valence-corrected chi connectivity index (χ0v) is 12.4. The van der Waals surface area contributed by atoms with Crippen LogP contribution in [-0.4, -0.2) is 32.7 Å². The molecule has 19 heavy (non-hydrogen) atoms. The molecule has 1 aromatic carbocycles. The molecule has 0 spiro atoms. The van der Waals surface area contributed by atoms with Gasteiger partial charge in [-0.2, -0.15) is 0 Å². The Morgan fingerprint density at radius 1 is 1.37 bits per heavy atom. The van der Waals surface area contributed by atoms with Crippen LogP contribution in [0.5, 0.6) is 11.5 Å². The number of hydrogen-bond acceptors (Lipinski definition) is 4. The predicted octanol–water partition coefficient (Wildman–Crippen LogP) is 1.45. The Balaban J connectivity index is 1.90. The van der Waals surface area contributed by atoms with Gasteiger partial charge < -0.3 is 20.1 Å². The fourth-order valence-corrected chi connectivity index (χ4v) is 2.43. The third kappa shape index (κ3) is 3.84. The number of ether oxygens (including phenoxy) is 2. The summed E-state index contributed by atoms with van der Waals surface area (Å²) in [7, 11) is 1.64. The Bertz CT molecular complexity index is 465. The lowest BCUT2D eigenvalue weighted by molar-refractivity contribution is -0.120. The van der Waals surface area contributed by atoms with Crippen LogP contribution in [0.3, 0.4) is 0 Å². The van der Waals surface area contributed by atoms with Crippen LogP contribution in [0.15, 0.2) is 16.6 Å². The van der Waals surface area contributed by atoms with Crippen LogP contribution in [0.25, 0.3) is 0 Å². The molecule has 0 saturated heterocycles. The van der Waals surface area contributed by atoms with Gasteiger partial charge in [-0.3, -0.25) is 4.79 Å². The Kier molecular flexibility index (Phi) is 5.04. The van der Waals surface area contributed by atoms with Gasteiger partial charge in [0, 0.05) is 26.6 Å². The molecule has 0 atom stereocenters. The van der Waals surface area contributed by atoms with Crippen LogP contribution >= 0.6 is 15.9 Å². The third-order valence-electron chi connectivity index (χ3n) is 2.79. The fraction of sp³-hybridized carbons (Fsp3) is 0.462. The Morgan fingerprint density at radius 2 is 2.16 bits per heavy atom. The molecular formula is C13H17BrN2O3. The summed E-state index contributed by atoms with van der Waals surface area (Å²) in [6.45, 7) is 2.49. The van der Waals surface area contributed by atoms with Gasteiger partial charge in [0.2, 0.25) is 5.91 Å². The third-order valence-corrected chi connectivity index (χ3v) is 3.38. The van der Waals surface area contributed by atoms with Gasteiger partial charge in [0.1, 0.15) is 13.2 Å². The summed E-state index contributed by atoms with van der Waals surface area (Å²) >= 11 is 3.48. The van der Waals surface area contributed by atoms with E-state index in [0.717, 1.165) is 21.5 Å². The van der Waals surface area contributed by atoms with Gasteiger partial charge in [-0.25, -0.2) is 0 Å². The first-order chi connectivity index (χ1) is 9.20. The van der Waals surface area contributed by atoms with Gasteiger partial charge in [0.15, 0.2) is 11.5 Å². The van der Waals surface area contributed by atoms with Crippen LogP contribution in [0.2, 0.25) is 0 Å². The fourth-order valence-electron chi connectivity index (χ4n) is 1.83. The minimum atomic E-state index is 0.0378. The molecule has 1 aliphatic heterocycles. The van der Waals surface area contributed by atoms with E-state index in [2.05, 4.69) is 26.6 Å². The normalized spacial score (nSPS) is 13.2. The molecule has 1 aromatic rings. The van der Waals surface area contributed by atoms with Crippen LogP contribution in [0.1, 0.15) is 12.0 Å². The van der Waals surface area contributed by atoms with Crippen molar-refractivity contribution in [2.45, 2.75) is 13.0 Å².